The molecule has 0 saturated carbocycles. The molecule has 1 amide bonds. The zero-order valence-electron chi connectivity index (χ0n) is 14.0. The molecule has 0 aromatic heterocycles. The molecule has 0 heterocycles. The Balaban J connectivity index is 2.04. The number of benzene rings is 2. The van der Waals surface area contributed by atoms with E-state index in [1.165, 1.54) is 30.3 Å². The van der Waals surface area contributed by atoms with Gasteiger partial charge in [-0.05, 0) is 48.2 Å². The van der Waals surface area contributed by atoms with Gasteiger partial charge in [0.15, 0.2) is 0 Å². The first kappa shape index (κ1) is 19.2. The van der Waals surface area contributed by atoms with Crippen molar-refractivity contribution in [3.8, 4) is 0 Å². The average molecular weight is 398 g/mol. The van der Waals surface area contributed by atoms with Crippen molar-refractivity contribution in [2.75, 3.05) is 6.54 Å². The van der Waals surface area contributed by atoms with Gasteiger partial charge in [-0.1, -0.05) is 29.8 Å². The Morgan fingerprint density at radius 1 is 1.19 bits per heavy atom. The van der Waals surface area contributed by atoms with E-state index in [4.69, 9.17) is 11.6 Å². The number of amides is 1. The van der Waals surface area contributed by atoms with Crippen LogP contribution in [0.5, 0.6) is 0 Å². The van der Waals surface area contributed by atoms with Gasteiger partial charge in [0.2, 0.25) is 0 Å². The lowest BCUT2D eigenvalue weighted by molar-refractivity contribution is -0.144. The number of carboxylic acid groups (broad SMARTS) is 1. The molecule has 0 aliphatic heterocycles. The van der Waals surface area contributed by atoms with E-state index in [1.54, 1.807) is 12.1 Å². The van der Waals surface area contributed by atoms with Crippen molar-refractivity contribution >= 4 is 23.5 Å². The van der Waals surface area contributed by atoms with E-state index in [1.807, 2.05) is 0 Å². The number of aromatic carboxylic acids is 1. The zero-order chi connectivity index (χ0) is 19.8. The van der Waals surface area contributed by atoms with Gasteiger partial charge in [0, 0.05) is 0 Å². The summed E-state index contributed by atoms with van der Waals surface area (Å²) in [6, 6.07) is 9.39. The fraction of sp³-hybridized carbons (Fsp3) is 0.263. The number of halogens is 4. The monoisotopic (exact) mass is 397 g/mol. The van der Waals surface area contributed by atoms with Gasteiger partial charge in [0.05, 0.1) is 22.2 Å². The van der Waals surface area contributed by atoms with E-state index < -0.39 is 30.6 Å². The number of rotatable bonds is 4. The third-order valence-corrected chi connectivity index (χ3v) is 4.86. The number of hydrogen-bond donors (Lipinski definition) is 1. The molecule has 8 heteroatoms. The van der Waals surface area contributed by atoms with Gasteiger partial charge in [-0.25, -0.2) is 4.79 Å². The molecule has 0 saturated heterocycles. The maximum absolute atomic E-state index is 13.2. The van der Waals surface area contributed by atoms with Gasteiger partial charge in [-0.3, -0.25) is 4.79 Å². The third kappa shape index (κ3) is 4.08. The van der Waals surface area contributed by atoms with E-state index in [-0.39, 0.29) is 22.6 Å². The smallest absolute Gasteiger partial charge is 0.406 e. The Morgan fingerprint density at radius 2 is 1.89 bits per heavy atom. The summed E-state index contributed by atoms with van der Waals surface area (Å²) in [7, 11) is 0. The lowest BCUT2D eigenvalue weighted by Gasteiger charge is -2.31. The van der Waals surface area contributed by atoms with Crippen LogP contribution >= 0.6 is 11.6 Å². The van der Waals surface area contributed by atoms with Gasteiger partial charge >= 0.3 is 12.1 Å². The van der Waals surface area contributed by atoms with E-state index >= 15 is 0 Å². The molecule has 1 atom stereocenters. The summed E-state index contributed by atoms with van der Waals surface area (Å²) in [4.78, 5) is 24.8. The SMILES string of the molecule is O=C(O)c1ccc2c(c1)C(N(CC(F)(F)F)C(=O)c1ccccc1Cl)CC2. The van der Waals surface area contributed by atoms with E-state index in [9.17, 15) is 27.9 Å². The fourth-order valence-corrected chi connectivity index (χ4v) is 3.56. The van der Waals surface area contributed by atoms with Crippen LogP contribution in [0.2, 0.25) is 5.02 Å². The first-order chi connectivity index (χ1) is 12.7. The van der Waals surface area contributed by atoms with Crippen LogP contribution in [0, 0.1) is 0 Å². The lowest BCUT2D eigenvalue weighted by atomic mass is 10.0. The first-order valence-electron chi connectivity index (χ1n) is 8.16. The first-order valence-corrected chi connectivity index (χ1v) is 8.53. The second-order valence-corrected chi connectivity index (χ2v) is 6.71. The quantitative estimate of drug-likeness (QED) is 0.811. The number of hydrogen-bond acceptors (Lipinski definition) is 2. The Morgan fingerprint density at radius 3 is 2.52 bits per heavy atom. The summed E-state index contributed by atoms with van der Waals surface area (Å²) in [5.41, 5.74) is 1.12. The van der Waals surface area contributed by atoms with Crippen LogP contribution in [0.1, 0.15) is 44.3 Å². The summed E-state index contributed by atoms with van der Waals surface area (Å²) in [6.45, 7) is -1.45. The second-order valence-electron chi connectivity index (χ2n) is 6.30. The van der Waals surface area contributed by atoms with Gasteiger partial charge in [-0.15, -0.1) is 0 Å². The number of carbonyl (C=O) groups excluding carboxylic acids is 1. The predicted molar refractivity (Wildman–Crippen MR) is 93.0 cm³/mol. The summed E-state index contributed by atoms with van der Waals surface area (Å²) in [5, 5.41) is 9.24. The summed E-state index contributed by atoms with van der Waals surface area (Å²) >= 11 is 6.00. The molecule has 142 valence electrons. The van der Waals surface area contributed by atoms with Crippen molar-refractivity contribution in [2.45, 2.75) is 25.1 Å². The zero-order valence-corrected chi connectivity index (χ0v) is 14.7. The topological polar surface area (TPSA) is 57.6 Å². The Labute approximate surface area is 158 Å². The van der Waals surface area contributed by atoms with Crippen LogP contribution in [-0.2, 0) is 6.42 Å². The Bertz CT molecular complexity index is 898. The number of aryl methyl sites for hydroxylation is 1. The third-order valence-electron chi connectivity index (χ3n) is 4.53. The fourth-order valence-electron chi connectivity index (χ4n) is 3.34. The normalized spacial score (nSPS) is 16.1. The van der Waals surface area contributed by atoms with Crippen LogP contribution < -0.4 is 0 Å². The van der Waals surface area contributed by atoms with Crippen molar-refractivity contribution in [1.29, 1.82) is 0 Å². The van der Waals surface area contributed by atoms with Gasteiger partial charge in [0.1, 0.15) is 6.54 Å². The maximum Gasteiger partial charge on any atom is 0.406 e. The van der Waals surface area contributed by atoms with Crippen molar-refractivity contribution < 1.29 is 27.9 Å². The largest absolute Gasteiger partial charge is 0.478 e. The maximum atomic E-state index is 13.2. The molecule has 27 heavy (non-hydrogen) atoms. The highest BCUT2D eigenvalue weighted by Gasteiger charge is 2.40. The molecule has 0 bridgehead atoms. The molecule has 2 aromatic carbocycles. The average Bonchev–Trinajstić information content (AvgIpc) is 3.01. The number of alkyl halides is 3. The minimum absolute atomic E-state index is 0.0220. The highest BCUT2D eigenvalue weighted by Crippen LogP contribution is 2.39. The molecule has 3 rings (SSSR count). The van der Waals surface area contributed by atoms with Crippen LogP contribution in [0.15, 0.2) is 42.5 Å². The molecule has 4 nitrogen and oxygen atoms in total. The van der Waals surface area contributed by atoms with E-state index in [0.29, 0.717) is 12.0 Å². The van der Waals surface area contributed by atoms with Crippen LogP contribution in [0.25, 0.3) is 0 Å². The number of carbonyl (C=O) groups is 2. The molecule has 1 N–H and O–H groups in total. The predicted octanol–water partition coefficient (Wildman–Crippen LogP) is 4.73. The Kier molecular flexibility index (Phi) is 5.15. The highest BCUT2D eigenvalue weighted by atomic mass is 35.5. The molecule has 0 spiro atoms. The molecule has 0 fully saturated rings. The summed E-state index contributed by atoms with van der Waals surface area (Å²) < 4.78 is 39.6. The van der Waals surface area contributed by atoms with Gasteiger partial charge < -0.3 is 10.0 Å². The molecule has 2 aromatic rings. The standard InChI is InChI=1S/C19H15ClF3NO3/c20-15-4-2-1-3-13(15)17(25)24(10-19(21,22)23)16-8-7-11-5-6-12(18(26)27)9-14(11)16/h1-6,9,16H,7-8,10H2,(H,26,27). The number of fused-ring (bicyclic) bond motifs is 1. The van der Waals surface area contributed by atoms with Gasteiger partial charge in [0.25, 0.3) is 5.91 Å². The van der Waals surface area contributed by atoms with Crippen LogP contribution in [0.3, 0.4) is 0 Å². The number of nitrogens with zero attached hydrogens (tertiary/aromatic N) is 1. The lowest BCUT2D eigenvalue weighted by Crippen LogP contribution is -2.41. The molecular weight excluding hydrogens is 383 g/mol. The molecule has 1 aliphatic carbocycles. The number of carboxylic acids is 1. The Hall–Kier alpha value is -2.54. The van der Waals surface area contributed by atoms with E-state index in [0.717, 1.165) is 10.5 Å². The van der Waals surface area contributed by atoms with Crippen molar-refractivity contribution in [3.05, 3.63) is 69.7 Å². The molecular formula is C19H15ClF3NO3. The highest BCUT2D eigenvalue weighted by molar-refractivity contribution is 6.33. The molecule has 1 aliphatic rings. The minimum atomic E-state index is -4.61. The second kappa shape index (κ2) is 7.23. The van der Waals surface area contributed by atoms with Crippen molar-refractivity contribution in [1.82, 2.24) is 4.90 Å². The molecule has 1 unspecified atom stereocenters. The van der Waals surface area contributed by atoms with Crippen molar-refractivity contribution in [3.63, 3.8) is 0 Å². The van der Waals surface area contributed by atoms with E-state index in [2.05, 4.69) is 0 Å². The van der Waals surface area contributed by atoms with Crippen LogP contribution in [-0.4, -0.2) is 34.6 Å². The summed E-state index contributed by atoms with van der Waals surface area (Å²) in [5.74, 6) is -2.01. The molecule has 0 radical (unpaired) electrons. The minimum Gasteiger partial charge on any atom is -0.478 e. The summed E-state index contributed by atoms with van der Waals surface area (Å²) in [6.07, 6.45) is -3.86. The van der Waals surface area contributed by atoms with Crippen molar-refractivity contribution in [2.24, 2.45) is 0 Å². The van der Waals surface area contributed by atoms with Gasteiger partial charge in [-0.2, -0.15) is 13.2 Å². The van der Waals surface area contributed by atoms with Crippen LogP contribution in [0.4, 0.5) is 13.2 Å².